The van der Waals surface area contributed by atoms with E-state index in [1.807, 2.05) is 24.3 Å². The van der Waals surface area contributed by atoms with Crippen LogP contribution in [0.4, 0.5) is 5.69 Å². The first-order valence-corrected chi connectivity index (χ1v) is 5.46. The third-order valence-corrected chi connectivity index (χ3v) is 3.14. The number of hydrogen-bond acceptors (Lipinski definition) is 2. The zero-order valence-electron chi connectivity index (χ0n) is 9.58. The van der Waals surface area contributed by atoms with Crippen LogP contribution in [0.5, 0.6) is 0 Å². The molecule has 0 fully saturated rings. The molecule has 0 bridgehead atoms. The number of para-hydroxylation sites is 1. The molecule has 2 nitrogen and oxygen atoms in total. The lowest BCUT2D eigenvalue weighted by Crippen LogP contribution is -2.49. The average Bonchev–Trinajstić information content (AvgIpc) is 2.17. The van der Waals surface area contributed by atoms with E-state index in [9.17, 15) is 4.79 Å². The SMILES string of the molecule is CCN1c2ccccc2C(=O)CC1(C)C. The van der Waals surface area contributed by atoms with Crippen LogP contribution in [0.2, 0.25) is 0 Å². The monoisotopic (exact) mass is 203 g/mol. The van der Waals surface area contributed by atoms with Crippen LogP contribution in [0.3, 0.4) is 0 Å². The van der Waals surface area contributed by atoms with Gasteiger partial charge in [-0.25, -0.2) is 0 Å². The summed E-state index contributed by atoms with van der Waals surface area (Å²) in [6, 6.07) is 7.90. The maximum atomic E-state index is 11.9. The molecule has 2 rings (SSSR count). The highest BCUT2D eigenvalue weighted by molar-refractivity contribution is 6.04. The summed E-state index contributed by atoms with van der Waals surface area (Å²) >= 11 is 0. The van der Waals surface area contributed by atoms with Crippen LogP contribution < -0.4 is 4.90 Å². The predicted octanol–water partition coefficient (Wildman–Crippen LogP) is 2.88. The van der Waals surface area contributed by atoms with Crippen molar-refractivity contribution in [2.24, 2.45) is 0 Å². The minimum Gasteiger partial charge on any atom is -0.366 e. The lowest BCUT2D eigenvalue weighted by molar-refractivity contribution is 0.0948. The van der Waals surface area contributed by atoms with Gasteiger partial charge in [-0.1, -0.05) is 12.1 Å². The highest BCUT2D eigenvalue weighted by Crippen LogP contribution is 2.35. The summed E-state index contributed by atoms with van der Waals surface area (Å²) in [6.07, 6.45) is 0.609. The zero-order valence-corrected chi connectivity index (χ0v) is 9.58. The molecule has 0 atom stereocenters. The minimum absolute atomic E-state index is 0.0554. The number of benzene rings is 1. The summed E-state index contributed by atoms with van der Waals surface area (Å²) in [4.78, 5) is 14.2. The first kappa shape index (κ1) is 10.2. The maximum absolute atomic E-state index is 11.9. The molecule has 0 unspecified atom stereocenters. The van der Waals surface area contributed by atoms with E-state index in [-0.39, 0.29) is 11.3 Å². The summed E-state index contributed by atoms with van der Waals surface area (Å²) in [7, 11) is 0. The van der Waals surface area contributed by atoms with Crippen LogP contribution in [0, 0.1) is 0 Å². The number of ketones is 1. The largest absolute Gasteiger partial charge is 0.366 e. The van der Waals surface area contributed by atoms with Crippen molar-refractivity contribution in [1.29, 1.82) is 0 Å². The van der Waals surface area contributed by atoms with Gasteiger partial charge in [0.25, 0.3) is 0 Å². The third-order valence-electron chi connectivity index (χ3n) is 3.14. The van der Waals surface area contributed by atoms with Gasteiger partial charge in [-0.3, -0.25) is 4.79 Å². The van der Waals surface area contributed by atoms with Crippen molar-refractivity contribution in [2.75, 3.05) is 11.4 Å². The molecule has 2 heteroatoms. The number of rotatable bonds is 1. The van der Waals surface area contributed by atoms with Gasteiger partial charge >= 0.3 is 0 Å². The van der Waals surface area contributed by atoms with Gasteiger partial charge < -0.3 is 4.90 Å². The Hall–Kier alpha value is -1.31. The third kappa shape index (κ3) is 1.54. The van der Waals surface area contributed by atoms with Crippen LogP contribution in [-0.4, -0.2) is 17.9 Å². The van der Waals surface area contributed by atoms with Gasteiger partial charge in [0.05, 0.1) is 0 Å². The van der Waals surface area contributed by atoms with Crippen LogP contribution in [0.1, 0.15) is 37.6 Å². The van der Waals surface area contributed by atoms with E-state index in [1.54, 1.807) is 0 Å². The summed E-state index contributed by atoms with van der Waals surface area (Å²) in [5.74, 6) is 0.264. The average molecular weight is 203 g/mol. The van der Waals surface area contributed by atoms with Crippen molar-refractivity contribution in [1.82, 2.24) is 0 Å². The summed E-state index contributed by atoms with van der Waals surface area (Å²) in [5, 5.41) is 0. The molecule has 15 heavy (non-hydrogen) atoms. The Morgan fingerprint density at radius 2 is 2.00 bits per heavy atom. The first-order chi connectivity index (χ1) is 7.06. The van der Waals surface area contributed by atoms with Gasteiger partial charge in [-0.15, -0.1) is 0 Å². The number of carbonyl (C=O) groups is 1. The van der Waals surface area contributed by atoms with Gasteiger partial charge in [-0.2, -0.15) is 0 Å². The van der Waals surface area contributed by atoms with E-state index in [0.717, 1.165) is 17.8 Å². The summed E-state index contributed by atoms with van der Waals surface area (Å²) in [5.41, 5.74) is 1.90. The number of anilines is 1. The Morgan fingerprint density at radius 1 is 1.33 bits per heavy atom. The minimum atomic E-state index is -0.0554. The van der Waals surface area contributed by atoms with Crippen molar-refractivity contribution in [3.05, 3.63) is 29.8 Å². The zero-order chi connectivity index (χ0) is 11.1. The molecule has 0 radical (unpaired) electrons. The van der Waals surface area contributed by atoms with Crippen molar-refractivity contribution >= 4 is 11.5 Å². The Morgan fingerprint density at radius 3 is 2.67 bits per heavy atom. The molecular weight excluding hydrogens is 186 g/mol. The molecule has 0 saturated heterocycles. The first-order valence-electron chi connectivity index (χ1n) is 5.46. The Kier molecular flexibility index (Phi) is 2.29. The topological polar surface area (TPSA) is 20.3 Å². The second-order valence-electron chi connectivity index (χ2n) is 4.67. The lowest BCUT2D eigenvalue weighted by atomic mass is 9.86. The molecule has 0 amide bonds. The lowest BCUT2D eigenvalue weighted by Gasteiger charge is -2.43. The van der Waals surface area contributed by atoms with Gasteiger partial charge in [0, 0.05) is 29.8 Å². The van der Waals surface area contributed by atoms with Gasteiger partial charge in [-0.05, 0) is 32.9 Å². The molecule has 1 aliphatic rings. The fourth-order valence-corrected chi connectivity index (χ4v) is 2.45. The van der Waals surface area contributed by atoms with E-state index in [4.69, 9.17) is 0 Å². The van der Waals surface area contributed by atoms with E-state index in [2.05, 4.69) is 25.7 Å². The van der Waals surface area contributed by atoms with Gasteiger partial charge in [0.2, 0.25) is 0 Å². The highest BCUT2D eigenvalue weighted by atomic mass is 16.1. The van der Waals surface area contributed by atoms with E-state index in [1.165, 1.54) is 0 Å². The fraction of sp³-hybridized carbons (Fsp3) is 0.462. The number of Topliss-reactive ketones (excluding diaryl/α,β-unsaturated/α-hetero) is 1. The Labute approximate surface area is 90.9 Å². The quantitative estimate of drug-likeness (QED) is 0.699. The predicted molar refractivity (Wildman–Crippen MR) is 62.5 cm³/mol. The molecule has 1 aromatic carbocycles. The fourth-order valence-electron chi connectivity index (χ4n) is 2.45. The molecule has 0 saturated carbocycles. The maximum Gasteiger partial charge on any atom is 0.167 e. The molecular formula is C13H17NO. The molecule has 0 N–H and O–H groups in total. The van der Waals surface area contributed by atoms with E-state index >= 15 is 0 Å². The smallest absolute Gasteiger partial charge is 0.167 e. The normalized spacial score (nSPS) is 18.9. The van der Waals surface area contributed by atoms with Gasteiger partial charge in [0.15, 0.2) is 5.78 Å². The summed E-state index contributed by atoms with van der Waals surface area (Å²) < 4.78 is 0. The molecule has 0 aromatic heterocycles. The van der Waals surface area contributed by atoms with Crippen molar-refractivity contribution in [3.63, 3.8) is 0 Å². The molecule has 1 aliphatic heterocycles. The Bertz CT molecular complexity index is 395. The molecule has 80 valence electrons. The van der Waals surface area contributed by atoms with Crippen molar-refractivity contribution in [2.45, 2.75) is 32.7 Å². The van der Waals surface area contributed by atoms with Crippen molar-refractivity contribution < 1.29 is 4.79 Å². The van der Waals surface area contributed by atoms with Crippen molar-refractivity contribution in [3.8, 4) is 0 Å². The standard InChI is InChI=1S/C13H17NO/c1-4-14-11-8-6-5-7-10(11)12(15)9-13(14,2)3/h5-8H,4,9H2,1-3H3. The number of nitrogens with zero attached hydrogens (tertiary/aromatic N) is 1. The Balaban J connectivity index is 2.56. The number of carbonyl (C=O) groups excluding carboxylic acids is 1. The number of hydrogen-bond donors (Lipinski definition) is 0. The molecule has 1 heterocycles. The highest BCUT2D eigenvalue weighted by Gasteiger charge is 2.35. The number of fused-ring (bicyclic) bond motifs is 1. The van der Waals surface area contributed by atoms with Crippen LogP contribution in [0.25, 0.3) is 0 Å². The van der Waals surface area contributed by atoms with E-state index < -0.39 is 0 Å². The molecule has 1 aromatic rings. The second-order valence-corrected chi connectivity index (χ2v) is 4.67. The molecule has 0 aliphatic carbocycles. The van der Waals surface area contributed by atoms with Gasteiger partial charge in [0.1, 0.15) is 0 Å². The van der Waals surface area contributed by atoms with Crippen LogP contribution >= 0.6 is 0 Å². The van der Waals surface area contributed by atoms with E-state index in [0.29, 0.717) is 6.42 Å². The van der Waals surface area contributed by atoms with Crippen LogP contribution in [0.15, 0.2) is 24.3 Å². The summed E-state index contributed by atoms with van der Waals surface area (Å²) in [6.45, 7) is 7.33. The van der Waals surface area contributed by atoms with Crippen LogP contribution in [-0.2, 0) is 0 Å². The second kappa shape index (κ2) is 3.37. The molecule has 0 spiro atoms.